The van der Waals surface area contributed by atoms with Gasteiger partial charge in [0.2, 0.25) is 5.91 Å². The summed E-state index contributed by atoms with van der Waals surface area (Å²) in [4.78, 5) is 33.0. The van der Waals surface area contributed by atoms with Gasteiger partial charge in [-0.1, -0.05) is 12.1 Å². The number of carbonyl (C=O) groups excluding carboxylic acids is 1. The number of aromatic amines is 1. The monoisotopic (exact) mass is 343 g/mol. The minimum atomic E-state index is -0.166. The number of methoxy groups -OCH3 is 1. The summed E-state index contributed by atoms with van der Waals surface area (Å²) in [7, 11) is 3.30. The third-order valence-corrected chi connectivity index (χ3v) is 4.59. The minimum absolute atomic E-state index is 0.0479. The molecule has 3 rings (SSSR count). The van der Waals surface area contributed by atoms with Crippen molar-refractivity contribution in [2.75, 3.05) is 14.2 Å². The predicted molar refractivity (Wildman–Crippen MR) is 93.4 cm³/mol. The molecule has 1 aromatic carbocycles. The summed E-state index contributed by atoms with van der Waals surface area (Å²) in [5, 5.41) is 1.83. The Morgan fingerprint density at radius 3 is 2.75 bits per heavy atom. The van der Waals surface area contributed by atoms with Crippen LogP contribution in [0.2, 0.25) is 0 Å². The van der Waals surface area contributed by atoms with E-state index in [-0.39, 0.29) is 24.4 Å². The van der Waals surface area contributed by atoms with Crippen LogP contribution in [-0.4, -0.2) is 34.9 Å². The van der Waals surface area contributed by atoms with Crippen molar-refractivity contribution in [3.63, 3.8) is 0 Å². The highest BCUT2D eigenvalue weighted by Crippen LogP contribution is 2.15. The molecule has 124 valence electrons. The lowest BCUT2D eigenvalue weighted by Crippen LogP contribution is -2.29. The number of nitrogens with zero attached hydrogens (tertiary/aromatic N) is 2. The third-order valence-electron chi connectivity index (χ3n) is 3.69. The molecule has 1 amide bonds. The van der Waals surface area contributed by atoms with Gasteiger partial charge in [0.1, 0.15) is 16.3 Å². The van der Waals surface area contributed by atoms with Gasteiger partial charge < -0.3 is 14.6 Å². The number of nitrogens with one attached hydrogen (secondary N) is 1. The number of hydrogen-bond donors (Lipinski definition) is 1. The van der Waals surface area contributed by atoms with E-state index in [1.807, 2.05) is 29.6 Å². The number of aromatic nitrogens is 2. The Hall–Kier alpha value is -2.67. The lowest BCUT2D eigenvalue weighted by atomic mass is 10.1. The molecule has 2 heterocycles. The molecule has 0 aliphatic rings. The zero-order valence-corrected chi connectivity index (χ0v) is 14.2. The lowest BCUT2D eigenvalue weighted by molar-refractivity contribution is -0.129. The van der Waals surface area contributed by atoms with Crippen molar-refractivity contribution in [2.45, 2.75) is 13.0 Å². The van der Waals surface area contributed by atoms with E-state index in [9.17, 15) is 9.59 Å². The van der Waals surface area contributed by atoms with Gasteiger partial charge in [-0.2, -0.15) is 0 Å². The molecule has 3 aromatic rings. The smallest absolute Gasteiger partial charge is 0.268 e. The predicted octanol–water partition coefficient (Wildman–Crippen LogP) is 2.19. The van der Waals surface area contributed by atoms with Crippen LogP contribution in [0, 0.1) is 0 Å². The largest absolute Gasteiger partial charge is 0.497 e. The molecule has 24 heavy (non-hydrogen) atoms. The molecule has 6 nitrogen and oxygen atoms in total. The third kappa shape index (κ3) is 3.46. The molecule has 0 bridgehead atoms. The summed E-state index contributed by atoms with van der Waals surface area (Å²) >= 11 is 1.36. The van der Waals surface area contributed by atoms with E-state index in [0.29, 0.717) is 16.0 Å². The van der Waals surface area contributed by atoms with Gasteiger partial charge >= 0.3 is 0 Å². The second-order valence-corrected chi connectivity index (χ2v) is 6.34. The van der Waals surface area contributed by atoms with Crippen molar-refractivity contribution in [1.82, 2.24) is 14.9 Å². The molecule has 7 heteroatoms. The first kappa shape index (κ1) is 16.2. The van der Waals surface area contributed by atoms with Gasteiger partial charge in [0, 0.05) is 7.05 Å². The van der Waals surface area contributed by atoms with E-state index in [0.717, 1.165) is 11.3 Å². The molecule has 0 fully saturated rings. The maximum absolute atomic E-state index is 12.3. The molecule has 2 aromatic heterocycles. The molecule has 0 saturated heterocycles. The van der Waals surface area contributed by atoms with Crippen molar-refractivity contribution in [2.24, 2.45) is 0 Å². The van der Waals surface area contributed by atoms with E-state index >= 15 is 0 Å². The summed E-state index contributed by atoms with van der Waals surface area (Å²) in [6.07, 6.45) is 0.283. The van der Waals surface area contributed by atoms with Gasteiger partial charge in [-0.3, -0.25) is 9.59 Å². The first-order valence-corrected chi connectivity index (χ1v) is 8.28. The van der Waals surface area contributed by atoms with E-state index in [4.69, 9.17) is 4.74 Å². The quantitative estimate of drug-likeness (QED) is 0.770. The number of rotatable bonds is 5. The van der Waals surface area contributed by atoms with Crippen LogP contribution in [0.25, 0.3) is 10.2 Å². The van der Waals surface area contributed by atoms with E-state index in [1.54, 1.807) is 25.1 Å². The summed E-state index contributed by atoms with van der Waals surface area (Å²) in [6.45, 7) is 0.260. The van der Waals surface area contributed by atoms with Gasteiger partial charge in [0.25, 0.3) is 5.56 Å². The fourth-order valence-corrected chi connectivity index (χ4v) is 3.09. The summed E-state index contributed by atoms with van der Waals surface area (Å²) in [6, 6.07) is 9.18. The summed E-state index contributed by atoms with van der Waals surface area (Å²) in [5.41, 5.74) is 1.40. The number of H-pyrrole nitrogens is 1. The van der Waals surface area contributed by atoms with Crippen LogP contribution >= 0.6 is 11.3 Å². The van der Waals surface area contributed by atoms with Crippen molar-refractivity contribution >= 4 is 27.5 Å². The van der Waals surface area contributed by atoms with Crippen LogP contribution in [0.1, 0.15) is 11.4 Å². The fraction of sp³-hybridized carbons (Fsp3) is 0.235. The van der Waals surface area contributed by atoms with E-state index < -0.39 is 0 Å². The van der Waals surface area contributed by atoms with E-state index in [1.165, 1.54) is 11.3 Å². The SMILES string of the molecule is COc1ccc(CC(=O)N(C)Cc2nc3ccsc3c(=O)[nH]2)cc1. The minimum Gasteiger partial charge on any atom is -0.497 e. The number of carbonyl (C=O) groups is 1. The molecular weight excluding hydrogens is 326 g/mol. The highest BCUT2D eigenvalue weighted by atomic mass is 32.1. The lowest BCUT2D eigenvalue weighted by Gasteiger charge is -2.16. The van der Waals surface area contributed by atoms with Gasteiger partial charge in [-0.25, -0.2) is 4.98 Å². The molecule has 0 atom stereocenters. The summed E-state index contributed by atoms with van der Waals surface area (Å²) < 4.78 is 5.71. The topological polar surface area (TPSA) is 75.3 Å². The Morgan fingerprint density at radius 1 is 1.29 bits per heavy atom. The van der Waals surface area contributed by atoms with Gasteiger partial charge in [-0.15, -0.1) is 11.3 Å². The van der Waals surface area contributed by atoms with Crippen molar-refractivity contribution in [1.29, 1.82) is 0 Å². The van der Waals surface area contributed by atoms with Crippen LogP contribution < -0.4 is 10.3 Å². The number of likely N-dealkylation sites (N-methyl/N-ethyl adjacent to an activating group) is 1. The van der Waals surface area contributed by atoms with Crippen LogP contribution in [0.3, 0.4) is 0 Å². The van der Waals surface area contributed by atoms with Crippen LogP contribution in [0.15, 0.2) is 40.5 Å². The Bertz CT molecular complexity index is 915. The van der Waals surface area contributed by atoms with Crippen LogP contribution in [0.5, 0.6) is 5.75 Å². The Kier molecular flexibility index (Phi) is 4.61. The molecule has 0 aliphatic carbocycles. The Balaban J connectivity index is 1.69. The van der Waals surface area contributed by atoms with Crippen LogP contribution in [-0.2, 0) is 17.8 Å². The first-order valence-electron chi connectivity index (χ1n) is 7.40. The van der Waals surface area contributed by atoms with Crippen molar-refractivity contribution in [3.05, 3.63) is 57.5 Å². The van der Waals surface area contributed by atoms with Gasteiger partial charge in [-0.05, 0) is 29.1 Å². The van der Waals surface area contributed by atoms with Gasteiger partial charge in [0.05, 0.1) is 25.6 Å². The molecule has 0 unspecified atom stereocenters. The first-order chi connectivity index (χ1) is 11.6. The highest BCUT2D eigenvalue weighted by molar-refractivity contribution is 7.17. The second kappa shape index (κ2) is 6.84. The number of amides is 1. The zero-order chi connectivity index (χ0) is 17.1. The maximum Gasteiger partial charge on any atom is 0.268 e. The number of ether oxygens (including phenoxy) is 1. The average Bonchev–Trinajstić information content (AvgIpc) is 3.04. The molecule has 0 spiro atoms. The normalized spacial score (nSPS) is 10.8. The number of hydrogen-bond acceptors (Lipinski definition) is 5. The van der Waals surface area contributed by atoms with Crippen molar-refractivity contribution in [3.8, 4) is 5.75 Å². The molecule has 0 aliphatic heterocycles. The number of thiophene rings is 1. The average molecular weight is 343 g/mol. The molecule has 0 radical (unpaired) electrons. The molecule has 1 N–H and O–H groups in total. The summed E-state index contributed by atoms with van der Waals surface area (Å²) in [5.74, 6) is 1.19. The van der Waals surface area contributed by atoms with Gasteiger partial charge in [0.15, 0.2) is 0 Å². The molecule has 0 saturated carbocycles. The Labute approximate surface area is 142 Å². The standard InChI is InChI=1S/C17H17N3O3S/c1-20(15(21)9-11-3-5-12(23-2)6-4-11)10-14-18-13-7-8-24-16(13)17(22)19-14/h3-8H,9-10H2,1-2H3,(H,18,19,22). The Morgan fingerprint density at radius 2 is 2.04 bits per heavy atom. The fourth-order valence-electron chi connectivity index (χ4n) is 2.36. The number of benzene rings is 1. The van der Waals surface area contributed by atoms with E-state index in [2.05, 4.69) is 9.97 Å². The van der Waals surface area contributed by atoms with Crippen LogP contribution in [0.4, 0.5) is 0 Å². The number of fused-ring (bicyclic) bond motifs is 1. The van der Waals surface area contributed by atoms with Crippen molar-refractivity contribution < 1.29 is 9.53 Å². The molecular formula is C17H17N3O3S. The zero-order valence-electron chi connectivity index (χ0n) is 13.4. The highest BCUT2D eigenvalue weighted by Gasteiger charge is 2.13. The maximum atomic E-state index is 12.3. The second-order valence-electron chi connectivity index (χ2n) is 5.42.